The minimum atomic E-state index is -3.81. The molecule has 0 aliphatic carbocycles. The van der Waals surface area contributed by atoms with Gasteiger partial charge in [-0.15, -0.1) is 0 Å². The van der Waals surface area contributed by atoms with Crippen molar-refractivity contribution in [2.24, 2.45) is 0 Å². The molecular formula is C27H29BrClN3O4S. The van der Waals surface area contributed by atoms with Crippen LogP contribution >= 0.6 is 27.5 Å². The number of sulfonamides is 1. The average molecular weight is 607 g/mol. The van der Waals surface area contributed by atoms with Gasteiger partial charge in [-0.25, -0.2) is 8.42 Å². The zero-order valence-corrected chi connectivity index (χ0v) is 23.8. The topological polar surface area (TPSA) is 86.8 Å². The third-order valence-electron chi connectivity index (χ3n) is 5.66. The van der Waals surface area contributed by atoms with Crippen molar-refractivity contribution < 1.29 is 18.0 Å². The molecule has 0 fully saturated rings. The Morgan fingerprint density at radius 2 is 1.62 bits per heavy atom. The minimum absolute atomic E-state index is 0.0754. The molecular weight excluding hydrogens is 578 g/mol. The van der Waals surface area contributed by atoms with Crippen molar-refractivity contribution in [1.29, 1.82) is 0 Å². The summed E-state index contributed by atoms with van der Waals surface area (Å²) in [5, 5.41) is 3.32. The second-order valence-corrected chi connectivity index (χ2v) is 11.8. The summed E-state index contributed by atoms with van der Waals surface area (Å²) in [5.41, 5.74) is 1.94. The van der Waals surface area contributed by atoms with Gasteiger partial charge in [0.2, 0.25) is 21.8 Å². The predicted octanol–water partition coefficient (Wildman–Crippen LogP) is 4.64. The number of carbonyl (C=O) groups excluding carboxylic acids is 2. The van der Waals surface area contributed by atoms with E-state index in [1.165, 1.54) is 4.90 Å². The van der Waals surface area contributed by atoms with Crippen molar-refractivity contribution in [1.82, 2.24) is 10.2 Å². The number of anilines is 1. The molecule has 1 atom stereocenters. The van der Waals surface area contributed by atoms with Gasteiger partial charge in [0.05, 0.1) is 11.9 Å². The lowest BCUT2D eigenvalue weighted by Crippen LogP contribution is -2.53. The minimum Gasteiger partial charge on any atom is -0.355 e. The third kappa shape index (κ3) is 8.31. The molecule has 0 saturated carbocycles. The predicted molar refractivity (Wildman–Crippen MR) is 151 cm³/mol. The first-order valence-corrected chi connectivity index (χ1v) is 14.7. The molecule has 1 N–H and O–H groups in total. The van der Waals surface area contributed by atoms with E-state index < -0.39 is 28.5 Å². The summed E-state index contributed by atoms with van der Waals surface area (Å²) >= 11 is 9.54. The molecule has 0 heterocycles. The van der Waals surface area contributed by atoms with Gasteiger partial charge in [0.15, 0.2) is 0 Å². The Bertz CT molecular complexity index is 1320. The number of nitrogens with one attached hydrogen (secondary N) is 1. The molecule has 3 aromatic rings. The smallest absolute Gasteiger partial charge is 0.244 e. The lowest BCUT2D eigenvalue weighted by Gasteiger charge is -2.33. The van der Waals surface area contributed by atoms with Crippen LogP contribution in [0.2, 0.25) is 5.02 Å². The maximum absolute atomic E-state index is 13.9. The van der Waals surface area contributed by atoms with Gasteiger partial charge in [-0.1, -0.05) is 70.0 Å². The highest BCUT2D eigenvalue weighted by Gasteiger charge is 2.32. The van der Waals surface area contributed by atoms with Crippen molar-refractivity contribution >= 4 is 55.1 Å². The number of carbonyl (C=O) groups is 2. The summed E-state index contributed by atoms with van der Waals surface area (Å²) in [6.07, 6.45) is 1.31. The Kier molecular flexibility index (Phi) is 10.1. The number of hydrogen-bond acceptors (Lipinski definition) is 4. The molecule has 0 aliphatic heterocycles. The van der Waals surface area contributed by atoms with E-state index in [4.69, 9.17) is 11.6 Å². The van der Waals surface area contributed by atoms with Crippen molar-refractivity contribution in [3.63, 3.8) is 0 Å². The van der Waals surface area contributed by atoms with Gasteiger partial charge in [0.25, 0.3) is 0 Å². The maximum Gasteiger partial charge on any atom is 0.244 e. The van der Waals surface area contributed by atoms with E-state index in [1.54, 1.807) is 49.4 Å². The fraction of sp³-hybridized carbons (Fsp3) is 0.259. The highest BCUT2D eigenvalue weighted by atomic mass is 79.9. The van der Waals surface area contributed by atoms with E-state index in [9.17, 15) is 18.0 Å². The monoisotopic (exact) mass is 605 g/mol. The SMILES string of the molecule is CCNC(=O)[C@@H](Cc1ccccc1)N(Cc1cccc(Cl)c1)C(=O)CN(c1ccc(Br)cc1)S(C)(=O)=O. The number of amides is 2. The number of halogens is 2. The Morgan fingerprint density at radius 3 is 2.22 bits per heavy atom. The molecule has 7 nitrogen and oxygen atoms in total. The lowest BCUT2D eigenvalue weighted by atomic mass is 10.0. The van der Waals surface area contributed by atoms with Gasteiger partial charge in [-0.2, -0.15) is 0 Å². The highest BCUT2D eigenvalue weighted by molar-refractivity contribution is 9.10. The van der Waals surface area contributed by atoms with E-state index in [2.05, 4.69) is 21.2 Å². The Balaban J connectivity index is 2.03. The van der Waals surface area contributed by atoms with Crippen LogP contribution in [0.15, 0.2) is 83.3 Å². The summed E-state index contributed by atoms with van der Waals surface area (Å²) in [4.78, 5) is 28.6. The molecule has 0 unspecified atom stereocenters. The fourth-order valence-corrected chi connectivity index (χ4v) is 5.23. The molecule has 0 bridgehead atoms. The van der Waals surface area contributed by atoms with Crippen LogP contribution in [0.4, 0.5) is 5.69 Å². The summed E-state index contributed by atoms with van der Waals surface area (Å²) in [6.45, 7) is 1.80. The van der Waals surface area contributed by atoms with Gasteiger partial charge in [0.1, 0.15) is 12.6 Å². The first-order chi connectivity index (χ1) is 17.6. The van der Waals surface area contributed by atoms with Gasteiger partial charge in [0, 0.05) is 29.0 Å². The van der Waals surface area contributed by atoms with Crippen LogP contribution in [0.3, 0.4) is 0 Å². The number of rotatable bonds is 11. The van der Waals surface area contributed by atoms with Gasteiger partial charge < -0.3 is 10.2 Å². The van der Waals surface area contributed by atoms with Crippen LogP contribution in [0.25, 0.3) is 0 Å². The fourth-order valence-electron chi connectivity index (χ4n) is 3.90. The van der Waals surface area contributed by atoms with Crippen molar-refractivity contribution in [2.45, 2.75) is 25.9 Å². The van der Waals surface area contributed by atoms with E-state index in [-0.39, 0.29) is 18.9 Å². The molecule has 0 spiro atoms. The quantitative estimate of drug-likeness (QED) is 0.345. The molecule has 3 aromatic carbocycles. The largest absolute Gasteiger partial charge is 0.355 e. The molecule has 10 heteroatoms. The van der Waals surface area contributed by atoms with E-state index in [0.717, 1.165) is 26.2 Å². The standard InChI is InChI=1S/C27H29BrClN3O4S/c1-3-30-27(34)25(17-20-8-5-4-6-9-20)31(18-21-10-7-11-23(29)16-21)26(33)19-32(37(2,35)36)24-14-12-22(28)13-15-24/h4-16,25H,3,17-19H2,1-2H3,(H,30,34)/t25-/m1/s1. The molecule has 0 aromatic heterocycles. The van der Waals surface area contributed by atoms with E-state index in [1.807, 2.05) is 36.4 Å². The van der Waals surface area contributed by atoms with Crippen molar-refractivity contribution in [3.8, 4) is 0 Å². The second kappa shape index (κ2) is 13.1. The van der Waals surface area contributed by atoms with Crippen LogP contribution in [-0.2, 0) is 32.6 Å². The molecule has 3 rings (SSSR count). The summed E-state index contributed by atoms with van der Waals surface area (Å²) in [5.74, 6) is -0.836. The van der Waals surface area contributed by atoms with Crippen LogP contribution in [-0.4, -0.2) is 50.5 Å². The zero-order chi connectivity index (χ0) is 27.0. The van der Waals surface area contributed by atoms with Crippen LogP contribution < -0.4 is 9.62 Å². The van der Waals surface area contributed by atoms with E-state index >= 15 is 0 Å². The summed E-state index contributed by atoms with van der Waals surface area (Å²) in [6, 6.07) is 22.2. The van der Waals surface area contributed by atoms with E-state index in [0.29, 0.717) is 17.3 Å². The second-order valence-electron chi connectivity index (χ2n) is 8.50. The lowest BCUT2D eigenvalue weighted by molar-refractivity contribution is -0.140. The molecule has 37 heavy (non-hydrogen) atoms. The van der Waals surface area contributed by atoms with Crippen LogP contribution in [0, 0.1) is 0 Å². The molecule has 0 radical (unpaired) electrons. The number of benzene rings is 3. The average Bonchev–Trinajstić information content (AvgIpc) is 2.85. The zero-order valence-electron chi connectivity index (χ0n) is 20.6. The van der Waals surface area contributed by atoms with Crippen LogP contribution in [0.5, 0.6) is 0 Å². The van der Waals surface area contributed by atoms with Crippen LogP contribution in [0.1, 0.15) is 18.1 Å². The van der Waals surface area contributed by atoms with Gasteiger partial charge >= 0.3 is 0 Å². The number of hydrogen-bond donors (Lipinski definition) is 1. The maximum atomic E-state index is 13.9. The Morgan fingerprint density at radius 1 is 0.973 bits per heavy atom. The van der Waals surface area contributed by atoms with Crippen molar-refractivity contribution in [3.05, 3.63) is 99.5 Å². The number of nitrogens with zero attached hydrogens (tertiary/aromatic N) is 2. The molecule has 2 amide bonds. The molecule has 196 valence electrons. The summed E-state index contributed by atoms with van der Waals surface area (Å²) in [7, 11) is -3.81. The van der Waals surface area contributed by atoms with Gasteiger partial charge in [-0.3, -0.25) is 13.9 Å². The molecule has 0 aliphatic rings. The van der Waals surface area contributed by atoms with Crippen molar-refractivity contribution in [2.75, 3.05) is 23.7 Å². The van der Waals surface area contributed by atoms with Gasteiger partial charge in [-0.05, 0) is 54.4 Å². The first-order valence-electron chi connectivity index (χ1n) is 11.7. The summed E-state index contributed by atoms with van der Waals surface area (Å²) < 4.78 is 27.3. The Labute approximate surface area is 231 Å². The number of likely N-dealkylation sites (N-methyl/N-ethyl adjacent to an activating group) is 1. The first kappa shape index (κ1) is 28.7. The molecule has 0 saturated heterocycles. The highest BCUT2D eigenvalue weighted by Crippen LogP contribution is 2.23. The Hall–Kier alpha value is -2.88. The normalized spacial score (nSPS) is 12.0. The third-order valence-corrected chi connectivity index (χ3v) is 7.56.